The van der Waals surface area contributed by atoms with Crippen LogP contribution in [0, 0.1) is 17.1 Å². The Morgan fingerprint density at radius 1 is 1.62 bits per heavy atom. The molecule has 0 atom stereocenters. The summed E-state index contributed by atoms with van der Waals surface area (Å²) in [5, 5.41) is 8.33. The predicted molar refractivity (Wildman–Crippen MR) is 57.0 cm³/mol. The number of ether oxygens (including phenoxy) is 1. The monoisotopic (exact) mass is 219 g/mol. The van der Waals surface area contributed by atoms with Gasteiger partial charge in [-0.25, -0.2) is 9.18 Å². The Hall–Kier alpha value is -2.15. The predicted octanol–water partition coefficient (Wildman–Crippen LogP) is 2.54. The molecule has 0 radical (unpaired) electrons. The van der Waals surface area contributed by atoms with E-state index in [1.54, 1.807) is 12.2 Å². The molecule has 0 aliphatic heterocycles. The number of carbonyl (C=O) groups is 1. The highest BCUT2D eigenvalue weighted by Crippen LogP contribution is 2.13. The van der Waals surface area contributed by atoms with Gasteiger partial charge in [0.05, 0.1) is 25.2 Å². The maximum absolute atomic E-state index is 13.2. The van der Waals surface area contributed by atoms with Crippen molar-refractivity contribution in [2.75, 3.05) is 7.11 Å². The van der Waals surface area contributed by atoms with E-state index < -0.39 is 11.8 Å². The van der Waals surface area contributed by atoms with Gasteiger partial charge in [0.1, 0.15) is 5.82 Å². The van der Waals surface area contributed by atoms with E-state index in [1.165, 1.54) is 25.3 Å². The SMILES string of the molecule is COC(=O)c1cc(C=CCC#N)ccc1F. The van der Waals surface area contributed by atoms with Crippen LogP contribution < -0.4 is 0 Å². The third kappa shape index (κ3) is 2.92. The third-order valence-electron chi connectivity index (χ3n) is 1.92. The summed E-state index contributed by atoms with van der Waals surface area (Å²) in [6, 6.07) is 6.05. The van der Waals surface area contributed by atoms with Crippen molar-refractivity contribution in [3.8, 4) is 6.07 Å². The quantitative estimate of drug-likeness (QED) is 0.734. The maximum Gasteiger partial charge on any atom is 0.340 e. The topological polar surface area (TPSA) is 50.1 Å². The minimum atomic E-state index is -0.715. The third-order valence-corrected chi connectivity index (χ3v) is 1.92. The number of hydrogen-bond donors (Lipinski definition) is 0. The molecule has 82 valence electrons. The summed E-state index contributed by atoms with van der Waals surface area (Å²) < 4.78 is 17.7. The molecule has 0 N–H and O–H groups in total. The van der Waals surface area contributed by atoms with Crippen LogP contribution in [0.25, 0.3) is 6.08 Å². The fourth-order valence-electron chi connectivity index (χ4n) is 1.16. The smallest absolute Gasteiger partial charge is 0.340 e. The van der Waals surface area contributed by atoms with Gasteiger partial charge in [0.15, 0.2) is 0 Å². The van der Waals surface area contributed by atoms with Crippen LogP contribution in [0.1, 0.15) is 22.3 Å². The Morgan fingerprint density at radius 2 is 2.38 bits per heavy atom. The maximum atomic E-state index is 13.2. The van der Waals surface area contributed by atoms with E-state index in [9.17, 15) is 9.18 Å². The molecule has 1 aromatic carbocycles. The van der Waals surface area contributed by atoms with Crippen molar-refractivity contribution in [3.63, 3.8) is 0 Å². The van der Waals surface area contributed by atoms with Crippen LogP contribution in [-0.2, 0) is 4.74 Å². The van der Waals surface area contributed by atoms with Crippen LogP contribution in [0.15, 0.2) is 24.3 Å². The number of hydrogen-bond acceptors (Lipinski definition) is 3. The minimum absolute atomic E-state index is 0.110. The van der Waals surface area contributed by atoms with E-state index in [-0.39, 0.29) is 12.0 Å². The molecule has 0 bridgehead atoms. The largest absolute Gasteiger partial charge is 0.465 e. The molecule has 16 heavy (non-hydrogen) atoms. The molecule has 0 heterocycles. The lowest BCUT2D eigenvalue weighted by atomic mass is 10.1. The summed E-state index contributed by atoms with van der Waals surface area (Å²) in [5.74, 6) is -1.34. The first-order chi connectivity index (χ1) is 7.69. The molecule has 0 saturated carbocycles. The average molecular weight is 219 g/mol. The zero-order valence-electron chi connectivity index (χ0n) is 8.74. The Kier molecular flexibility index (Phi) is 4.22. The van der Waals surface area contributed by atoms with Crippen molar-refractivity contribution >= 4 is 12.0 Å². The van der Waals surface area contributed by atoms with E-state index in [0.29, 0.717) is 5.56 Å². The van der Waals surface area contributed by atoms with Crippen LogP contribution in [-0.4, -0.2) is 13.1 Å². The lowest BCUT2D eigenvalue weighted by Crippen LogP contribution is -2.04. The molecular weight excluding hydrogens is 209 g/mol. The number of nitriles is 1. The van der Waals surface area contributed by atoms with Gasteiger partial charge in [-0.05, 0) is 17.7 Å². The number of nitrogens with zero attached hydrogens (tertiary/aromatic N) is 1. The lowest BCUT2D eigenvalue weighted by Gasteiger charge is -2.02. The summed E-state index contributed by atoms with van der Waals surface area (Å²) in [6.07, 6.45) is 3.55. The molecule has 1 rings (SSSR count). The highest BCUT2D eigenvalue weighted by molar-refractivity contribution is 5.90. The van der Waals surface area contributed by atoms with Crippen LogP contribution in [0.5, 0.6) is 0 Å². The second kappa shape index (κ2) is 5.66. The Morgan fingerprint density at radius 3 is 3.00 bits per heavy atom. The first-order valence-electron chi connectivity index (χ1n) is 4.60. The van der Waals surface area contributed by atoms with Gasteiger partial charge in [0.2, 0.25) is 0 Å². The number of methoxy groups -OCH3 is 1. The fourth-order valence-corrected chi connectivity index (χ4v) is 1.16. The lowest BCUT2D eigenvalue weighted by molar-refractivity contribution is 0.0595. The number of rotatable bonds is 3. The summed E-state index contributed by atoms with van der Waals surface area (Å²) in [5.41, 5.74) is 0.540. The van der Waals surface area contributed by atoms with Crippen molar-refractivity contribution in [1.82, 2.24) is 0 Å². The fraction of sp³-hybridized carbons (Fsp3) is 0.167. The highest BCUT2D eigenvalue weighted by Gasteiger charge is 2.11. The number of carbonyl (C=O) groups excluding carboxylic acids is 1. The van der Waals surface area contributed by atoms with Crippen LogP contribution in [0.4, 0.5) is 4.39 Å². The zero-order valence-corrected chi connectivity index (χ0v) is 8.74. The van der Waals surface area contributed by atoms with Crippen molar-refractivity contribution in [3.05, 3.63) is 41.2 Å². The van der Waals surface area contributed by atoms with E-state index >= 15 is 0 Å². The van der Waals surface area contributed by atoms with Crippen LogP contribution >= 0.6 is 0 Å². The standard InChI is InChI=1S/C12H10FNO2/c1-16-12(15)10-8-9(4-2-3-7-14)5-6-11(10)13/h2,4-6,8H,3H2,1H3. The molecule has 4 heteroatoms. The zero-order chi connectivity index (χ0) is 12.0. The summed E-state index contributed by atoms with van der Waals surface area (Å²) in [7, 11) is 1.19. The van der Waals surface area contributed by atoms with Crippen molar-refractivity contribution in [1.29, 1.82) is 5.26 Å². The van der Waals surface area contributed by atoms with E-state index in [2.05, 4.69) is 4.74 Å². The second-order valence-electron chi connectivity index (χ2n) is 3.00. The van der Waals surface area contributed by atoms with Crippen molar-refractivity contribution < 1.29 is 13.9 Å². The van der Waals surface area contributed by atoms with E-state index in [4.69, 9.17) is 5.26 Å². The van der Waals surface area contributed by atoms with Crippen LogP contribution in [0.3, 0.4) is 0 Å². The molecule has 1 aromatic rings. The van der Waals surface area contributed by atoms with E-state index in [0.717, 1.165) is 0 Å². The summed E-state index contributed by atoms with van der Waals surface area (Å²) in [4.78, 5) is 11.2. The molecule has 0 saturated heterocycles. The molecule has 0 aromatic heterocycles. The van der Waals surface area contributed by atoms with Gasteiger partial charge in [-0.15, -0.1) is 0 Å². The molecule has 3 nitrogen and oxygen atoms in total. The van der Waals surface area contributed by atoms with Crippen molar-refractivity contribution in [2.24, 2.45) is 0 Å². The molecule has 0 fully saturated rings. The number of allylic oxidation sites excluding steroid dienone is 1. The summed E-state index contributed by atoms with van der Waals surface area (Å²) in [6.45, 7) is 0. The van der Waals surface area contributed by atoms with Gasteiger partial charge in [-0.3, -0.25) is 0 Å². The number of esters is 1. The minimum Gasteiger partial charge on any atom is -0.465 e. The number of benzene rings is 1. The Labute approximate surface area is 92.8 Å². The van der Waals surface area contributed by atoms with Gasteiger partial charge < -0.3 is 4.74 Å². The molecule has 0 unspecified atom stereocenters. The second-order valence-corrected chi connectivity index (χ2v) is 3.00. The Bertz CT molecular complexity index is 461. The van der Waals surface area contributed by atoms with Gasteiger partial charge in [0, 0.05) is 0 Å². The molecule has 0 aliphatic carbocycles. The number of halogens is 1. The van der Waals surface area contributed by atoms with Gasteiger partial charge in [0.25, 0.3) is 0 Å². The normalized spacial score (nSPS) is 10.1. The van der Waals surface area contributed by atoms with Crippen molar-refractivity contribution in [2.45, 2.75) is 6.42 Å². The molecular formula is C12H10FNO2. The molecule has 0 spiro atoms. The molecule has 0 aliphatic rings. The van der Waals surface area contributed by atoms with Gasteiger partial charge >= 0.3 is 5.97 Å². The first kappa shape index (κ1) is 11.9. The van der Waals surface area contributed by atoms with Crippen LogP contribution in [0.2, 0.25) is 0 Å². The highest BCUT2D eigenvalue weighted by atomic mass is 19.1. The molecule has 0 amide bonds. The average Bonchev–Trinajstić information content (AvgIpc) is 2.30. The Balaban J connectivity index is 2.99. The first-order valence-corrected chi connectivity index (χ1v) is 4.60. The van der Waals surface area contributed by atoms with E-state index in [1.807, 2.05) is 6.07 Å². The summed E-state index contributed by atoms with van der Waals surface area (Å²) >= 11 is 0. The van der Waals surface area contributed by atoms with Gasteiger partial charge in [-0.2, -0.15) is 5.26 Å². The van der Waals surface area contributed by atoms with Gasteiger partial charge in [-0.1, -0.05) is 18.2 Å².